The van der Waals surface area contributed by atoms with Crippen LogP contribution in [0.25, 0.3) is 56.4 Å². The van der Waals surface area contributed by atoms with E-state index in [1.165, 1.54) is 0 Å². The summed E-state index contributed by atoms with van der Waals surface area (Å²) in [4.78, 5) is 15.8. The van der Waals surface area contributed by atoms with Crippen LogP contribution in [0.15, 0.2) is 132 Å². The smallest absolute Gasteiger partial charge is 0.164 e. The zero-order valence-corrected chi connectivity index (χ0v) is 21.8. The predicted molar refractivity (Wildman–Crippen MR) is 159 cm³/mol. The van der Waals surface area contributed by atoms with Gasteiger partial charge in [-0.2, -0.15) is 0 Å². The van der Waals surface area contributed by atoms with Crippen LogP contribution in [0, 0.1) is 6.92 Å². The van der Waals surface area contributed by atoms with E-state index < -0.39 is 0 Å². The Labute approximate surface area is 228 Å². The van der Waals surface area contributed by atoms with Gasteiger partial charge in [-0.15, -0.1) is 12.6 Å². The molecule has 0 N–H and O–H groups in total. The lowest BCUT2D eigenvalue weighted by molar-refractivity contribution is 1.07. The van der Waals surface area contributed by atoms with Gasteiger partial charge >= 0.3 is 0 Å². The summed E-state index contributed by atoms with van der Waals surface area (Å²) in [6, 6.07) is 43.4. The molecule has 0 aliphatic carbocycles. The van der Waals surface area contributed by atoms with Gasteiger partial charge in [0.2, 0.25) is 0 Å². The van der Waals surface area contributed by atoms with Gasteiger partial charge in [0.25, 0.3) is 0 Å². The minimum Gasteiger partial charge on any atom is -0.208 e. The van der Waals surface area contributed by atoms with Crippen LogP contribution in [0.4, 0.5) is 0 Å². The second-order valence-electron chi connectivity index (χ2n) is 9.15. The predicted octanol–water partition coefficient (Wildman–Crippen LogP) is 8.80. The van der Waals surface area contributed by atoms with Gasteiger partial charge in [0, 0.05) is 21.6 Å². The first-order valence-electron chi connectivity index (χ1n) is 12.5. The zero-order chi connectivity index (χ0) is 25.9. The van der Waals surface area contributed by atoms with Gasteiger partial charge in [0.15, 0.2) is 17.5 Å². The van der Waals surface area contributed by atoms with Crippen LogP contribution in [-0.4, -0.2) is 15.0 Å². The van der Waals surface area contributed by atoms with Gasteiger partial charge in [-0.1, -0.05) is 109 Å². The summed E-state index contributed by atoms with van der Waals surface area (Å²) in [7, 11) is 0. The van der Waals surface area contributed by atoms with E-state index in [1.54, 1.807) is 0 Å². The molecular formula is C34H25N3S. The molecule has 0 radical (unpaired) electrons. The monoisotopic (exact) mass is 507 g/mol. The molecule has 0 spiro atoms. The SMILES string of the molecule is Cc1c(S)cccc1-c1nc(-c2cccc(-c3ccccc3)c2)nc(-c2cccc(-c3ccccc3)c2)n1. The second kappa shape index (κ2) is 10.4. The number of hydrogen-bond donors (Lipinski definition) is 1. The highest BCUT2D eigenvalue weighted by Crippen LogP contribution is 2.31. The molecule has 4 heteroatoms. The quantitative estimate of drug-likeness (QED) is 0.237. The Morgan fingerprint density at radius 3 is 1.37 bits per heavy atom. The number of benzene rings is 5. The molecule has 0 bridgehead atoms. The van der Waals surface area contributed by atoms with E-state index in [9.17, 15) is 0 Å². The average molecular weight is 508 g/mol. The zero-order valence-electron chi connectivity index (χ0n) is 20.9. The number of aromatic nitrogens is 3. The topological polar surface area (TPSA) is 38.7 Å². The minimum absolute atomic E-state index is 0.633. The van der Waals surface area contributed by atoms with E-state index in [2.05, 4.69) is 85.4 Å². The third-order valence-electron chi connectivity index (χ3n) is 6.64. The molecule has 0 saturated heterocycles. The van der Waals surface area contributed by atoms with Crippen LogP contribution in [-0.2, 0) is 0 Å². The Hall–Kier alpha value is -4.54. The summed E-state index contributed by atoms with van der Waals surface area (Å²) in [5, 5.41) is 0. The largest absolute Gasteiger partial charge is 0.208 e. The summed E-state index contributed by atoms with van der Waals surface area (Å²) in [6.45, 7) is 2.05. The first kappa shape index (κ1) is 23.8. The van der Waals surface area contributed by atoms with Crippen molar-refractivity contribution in [1.29, 1.82) is 0 Å². The standard InChI is InChI=1S/C34H25N3S/c1-23-30(19-10-20-31(23)38)34-36-32(28-17-8-15-26(21-28)24-11-4-2-5-12-24)35-33(37-34)29-18-9-16-27(22-29)25-13-6-3-7-14-25/h2-22,38H,1H3. The van der Waals surface area contributed by atoms with Crippen molar-refractivity contribution in [1.82, 2.24) is 15.0 Å². The maximum absolute atomic E-state index is 4.98. The number of hydrogen-bond acceptors (Lipinski definition) is 4. The normalized spacial score (nSPS) is 10.9. The Balaban J connectivity index is 1.53. The summed E-state index contributed by atoms with van der Waals surface area (Å²) in [5.41, 5.74) is 8.40. The second-order valence-corrected chi connectivity index (χ2v) is 9.63. The molecule has 182 valence electrons. The fourth-order valence-electron chi connectivity index (χ4n) is 4.56. The molecular weight excluding hydrogens is 482 g/mol. The average Bonchev–Trinajstić information content (AvgIpc) is 2.99. The van der Waals surface area contributed by atoms with E-state index in [-0.39, 0.29) is 0 Å². The van der Waals surface area contributed by atoms with Crippen LogP contribution >= 0.6 is 12.6 Å². The third-order valence-corrected chi connectivity index (χ3v) is 7.12. The first-order valence-corrected chi connectivity index (χ1v) is 13.0. The van der Waals surface area contributed by atoms with Crippen molar-refractivity contribution < 1.29 is 0 Å². The van der Waals surface area contributed by atoms with Crippen molar-refractivity contribution in [3.8, 4) is 56.4 Å². The molecule has 1 heterocycles. The lowest BCUT2D eigenvalue weighted by Crippen LogP contribution is -2.01. The van der Waals surface area contributed by atoms with Gasteiger partial charge in [-0.25, -0.2) is 15.0 Å². The molecule has 6 rings (SSSR count). The molecule has 3 nitrogen and oxygen atoms in total. The first-order chi connectivity index (χ1) is 18.7. The van der Waals surface area contributed by atoms with Crippen molar-refractivity contribution in [2.75, 3.05) is 0 Å². The van der Waals surface area contributed by atoms with Gasteiger partial charge < -0.3 is 0 Å². The molecule has 0 unspecified atom stereocenters. The highest BCUT2D eigenvalue weighted by molar-refractivity contribution is 7.80. The third kappa shape index (κ3) is 4.86. The molecule has 0 amide bonds. The molecule has 0 aliphatic rings. The Kier molecular flexibility index (Phi) is 6.55. The molecule has 0 atom stereocenters. The molecule has 38 heavy (non-hydrogen) atoms. The Morgan fingerprint density at radius 2 is 0.842 bits per heavy atom. The number of nitrogens with zero attached hydrogens (tertiary/aromatic N) is 3. The number of thiol groups is 1. The van der Waals surface area contributed by atoms with Crippen molar-refractivity contribution in [3.63, 3.8) is 0 Å². The highest BCUT2D eigenvalue weighted by atomic mass is 32.1. The fourth-order valence-corrected chi connectivity index (χ4v) is 4.76. The van der Waals surface area contributed by atoms with Crippen LogP contribution in [0.2, 0.25) is 0 Å². The summed E-state index contributed by atoms with van der Waals surface area (Å²) in [6.07, 6.45) is 0. The van der Waals surface area contributed by atoms with Gasteiger partial charge in [-0.3, -0.25) is 0 Å². The van der Waals surface area contributed by atoms with Crippen LogP contribution in [0.5, 0.6) is 0 Å². The lowest BCUT2D eigenvalue weighted by atomic mass is 10.0. The van der Waals surface area contributed by atoms with E-state index in [0.29, 0.717) is 17.5 Å². The molecule has 0 fully saturated rings. The Bertz CT molecular complexity index is 1630. The van der Waals surface area contributed by atoms with E-state index in [1.807, 2.05) is 61.5 Å². The summed E-state index contributed by atoms with van der Waals surface area (Å²) >= 11 is 4.65. The molecule has 1 aromatic heterocycles. The van der Waals surface area contributed by atoms with Crippen molar-refractivity contribution in [2.45, 2.75) is 11.8 Å². The molecule has 0 aliphatic heterocycles. The van der Waals surface area contributed by atoms with Crippen LogP contribution in [0.1, 0.15) is 5.56 Å². The molecule has 5 aromatic carbocycles. The fraction of sp³-hybridized carbons (Fsp3) is 0.0294. The minimum atomic E-state index is 0.633. The summed E-state index contributed by atoms with van der Waals surface area (Å²) in [5.74, 6) is 1.90. The lowest BCUT2D eigenvalue weighted by Gasteiger charge is -2.12. The van der Waals surface area contributed by atoms with E-state index in [4.69, 9.17) is 15.0 Å². The van der Waals surface area contributed by atoms with Gasteiger partial charge in [0.1, 0.15) is 0 Å². The maximum Gasteiger partial charge on any atom is 0.164 e. The van der Waals surface area contributed by atoms with E-state index >= 15 is 0 Å². The van der Waals surface area contributed by atoms with Crippen molar-refractivity contribution in [3.05, 3.63) is 133 Å². The van der Waals surface area contributed by atoms with Crippen LogP contribution in [0.3, 0.4) is 0 Å². The van der Waals surface area contributed by atoms with Crippen molar-refractivity contribution >= 4 is 12.6 Å². The highest BCUT2D eigenvalue weighted by Gasteiger charge is 2.15. The number of rotatable bonds is 5. The summed E-state index contributed by atoms with van der Waals surface area (Å²) < 4.78 is 0. The van der Waals surface area contributed by atoms with Gasteiger partial charge in [0.05, 0.1) is 0 Å². The van der Waals surface area contributed by atoms with Crippen LogP contribution < -0.4 is 0 Å². The molecule has 6 aromatic rings. The van der Waals surface area contributed by atoms with Crippen molar-refractivity contribution in [2.24, 2.45) is 0 Å². The molecule has 0 saturated carbocycles. The Morgan fingerprint density at radius 1 is 0.421 bits per heavy atom. The van der Waals surface area contributed by atoms with E-state index in [0.717, 1.165) is 49.4 Å². The van der Waals surface area contributed by atoms with Gasteiger partial charge in [-0.05, 0) is 52.9 Å². The maximum atomic E-state index is 4.98.